The van der Waals surface area contributed by atoms with Gasteiger partial charge < -0.3 is 18.9 Å². The second-order valence-corrected chi connectivity index (χ2v) is 7.98. The molecule has 4 nitrogen and oxygen atoms in total. The maximum absolute atomic E-state index is 13.5. The number of hydrogen-bond acceptors (Lipinski definition) is 3. The molecule has 3 aromatic rings. The highest BCUT2D eigenvalue weighted by Crippen LogP contribution is 2.38. The molecule has 5 heteroatoms. The molecule has 2 aliphatic rings. The Kier molecular flexibility index (Phi) is 4.27. The monoisotopic (exact) mass is 380 g/mol. The molecular formula is C23H25FN2O2. The number of hydrogen-bond donors (Lipinski definition) is 0. The van der Waals surface area contributed by atoms with E-state index in [0.717, 1.165) is 25.1 Å². The number of halogens is 1. The highest BCUT2D eigenvalue weighted by Gasteiger charge is 2.40. The molecule has 1 aromatic heterocycles. The lowest BCUT2D eigenvalue weighted by molar-refractivity contribution is -0.175. The van der Waals surface area contributed by atoms with E-state index in [1.54, 1.807) is 12.1 Å². The average Bonchev–Trinajstić information content (AvgIpc) is 3.27. The largest absolute Gasteiger partial charge is 0.342 e. The summed E-state index contributed by atoms with van der Waals surface area (Å²) in [5.74, 6) is -1.13. The molecule has 3 heterocycles. The lowest BCUT2D eigenvalue weighted by atomic mass is 10.0. The van der Waals surface area contributed by atoms with Gasteiger partial charge in [0.25, 0.3) is 0 Å². The van der Waals surface area contributed by atoms with Crippen molar-refractivity contribution >= 4 is 10.9 Å². The van der Waals surface area contributed by atoms with Crippen LogP contribution in [0.15, 0.2) is 42.5 Å². The number of fused-ring (bicyclic) bond motifs is 3. The molecule has 28 heavy (non-hydrogen) atoms. The Labute approximate surface area is 164 Å². The van der Waals surface area contributed by atoms with Crippen LogP contribution in [0.1, 0.15) is 22.4 Å². The summed E-state index contributed by atoms with van der Waals surface area (Å²) in [6.45, 7) is 5.75. The summed E-state index contributed by atoms with van der Waals surface area (Å²) < 4.78 is 28.2. The summed E-state index contributed by atoms with van der Waals surface area (Å²) >= 11 is 0. The molecule has 0 radical (unpaired) electrons. The van der Waals surface area contributed by atoms with E-state index in [1.165, 1.54) is 39.9 Å². The van der Waals surface area contributed by atoms with Gasteiger partial charge in [0.15, 0.2) is 0 Å². The van der Waals surface area contributed by atoms with Crippen LogP contribution in [0.3, 0.4) is 0 Å². The van der Waals surface area contributed by atoms with Crippen LogP contribution in [0.5, 0.6) is 0 Å². The number of aromatic nitrogens is 1. The molecule has 2 aliphatic heterocycles. The Morgan fingerprint density at radius 1 is 1.07 bits per heavy atom. The zero-order valence-electron chi connectivity index (χ0n) is 16.4. The number of rotatable bonds is 3. The van der Waals surface area contributed by atoms with Gasteiger partial charge in [0.2, 0.25) is 5.79 Å². The fourth-order valence-electron chi connectivity index (χ4n) is 4.58. The number of nitrogens with zero attached hydrogens (tertiary/aromatic N) is 2. The third-order valence-corrected chi connectivity index (χ3v) is 6.01. The van der Waals surface area contributed by atoms with Crippen molar-refractivity contribution < 1.29 is 13.9 Å². The molecule has 0 amide bonds. The molecular weight excluding hydrogens is 355 g/mol. The summed E-state index contributed by atoms with van der Waals surface area (Å²) in [6, 6.07) is 13.2. The third-order valence-electron chi connectivity index (χ3n) is 6.01. The first kappa shape index (κ1) is 17.9. The molecule has 2 aromatic carbocycles. The minimum absolute atomic E-state index is 0.252. The van der Waals surface area contributed by atoms with Crippen molar-refractivity contribution in [2.45, 2.75) is 32.2 Å². The van der Waals surface area contributed by atoms with Gasteiger partial charge in [0.05, 0.1) is 19.8 Å². The topological polar surface area (TPSA) is 26.6 Å². The van der Waals surface area contributed by atoms with Gasteiger partial charge in [-0.25, -0.2) is 4.39 Å². The van der Waals surface area contributed by atoms with Crippen LogP contribution in [-0.4, -0.2) is 36.3 Å². The second kappa shape index (κ2) is 6.69. The standard InChI is InChI=1S/C23H25FN2O2/c1-16-3-8-21-20(13-16)19-9-10-25(2)14-22(19)26(21)15-23(27-11-12-28-23)17-4-6-18(24)7-5-17/h3-8,13H,9-12,14-15H2,1-2H3. The van der Waals surface area contributed by atoms with Crippen LogP contribution in [0.25, 0.3) is 10.9 Å². The van der Waals surface area contributed by atoms with Gasteiger partial charge >= 0.3 is 0 Å². The van der Waals surface area contributed by atoms with Crippen LogP contribution >= 0.6 is 0 Å². The van der Waals surface area contributed by atoms with E-state index in [1.807, 2.05) is 0 Å². The van der Waals surface area contributed by atoms with Crippen molar-refractivity contribution in [3.05, 3.63) is 70.7 Å². The molecule has 0 saturated carbocycles. The van der Waals surface area contributed by atoms with E-state index >= 15 is 0 Å². The molecule has 1 saturated heterocycles. The van der Waals surface area contributed by atoms with Crippen molar-refractivity contribution in [3.63, 3.8) is 0 Å². The van der Waals surface area contributed by atoms with Gasteiger partial charge in [-0.05, 0) is 50.2 Å². The normalized spacial score (nSPS) is 19.2. The highest BCUT2D eigenvalue weighted by molar-refractivity contribution is 5.86. The lowest BCUT2D eigenvalue weighted by Gasteiger charge is -2.31. The van der Waals surface area contributed by atoms with Gasteiger partial charge in [-0.1, -0.05) is 23.8 Å². The first-order valence-corrected chi connectivity index (χ1v) is 9.89. The summed E-state index contributed by atoms with van der Waals surface area (Å²) in [6.07, 6.45) is 1.05. The Balaban J connectivity index is 1.66. The zero-order chi connectivity index (χ0) is 19.3. The number of ether oxygens (including phenoxy) is 2. The first-order valence-electron chi connectivity index (χ1n) is 9.89. The fraction of sp³-hybridized carbons (Fsp3) is 0.391. The van der Waals surface area contributed by atoms with Crippen molar-refractivity contribution in [2.75, 3.05) is 26.8 Å². The van der Waals surface area contributed by atoms with E-state index in [2.05, 4.69) is 41.6 Å². The molecule has 0 bridgehead atoms. The van der Waals surface area contributed by atoms with Gasteiger partial charge in [-0.15, -0.1) is 0 Å². The summed E-state index contributed by atoms with van der Waals surface area (Å²) in [5.41, 5.74) is 6.11. The van der Waals surface area contributed by atoms with E-state index in [9.17, 15) is 4.39 Å². The van der Waals surface area contributed by atoms with Crippen LogP contribution in [0.4, 0.5) is 4.39 Å². The van der Waals surface area contributed by atoms with Crippen LogP contribution in [0.2, 0.25) is 0 Å². The number of likely N-dealkylation sites (N-methyl/N-ethyl adjacent to an activating group) is 1. The summed E-state index contributed by atoms with van der Waals surface area (Å²) in [5, 5.41) is 1.33. The van der Waals surface area contributed by atoms with Gasteiger partial charge in [0.1, 0.15) is 5.82 Å². The quantitative estimate of drug-likeness (QED) is 0.688. The zero-order valence-corrected chi connectivity index (χ0v) is 16.4. The molecule has 0 atom stereocenters. The van der Waals surface area contributed by atoms with E-state index in [4.69, 9.17) is 9.47 Å². The number of benzene rings is 2. The van der Waals surface area contributed by atoms with E-state index in [-0.39, 0.29) is 5.82 Å². The fourth-order valence-corrected chi connectivity index (χ4v) is 4.58. The number of aryl methyl sites for hydroxylation is 1. The molecule has 0 spiro atoms. The maximum Gasteiger partial charge on any atom is 0.213 e. The van der Waals surface area contributed by atoms with Crippen molar-refractivity contribution in [3.8, 4) is 0 Å². The molecule has 0 aliphatic carbocycles. The smallest absolute Gasteiger partial charge is 0.213 e. The Bertz CT molecular complexity index is 1020. The van der Waals surface area contributed by atoms with Gasteiger partial charge in [0, 0.05) is 35.2 Å². The highest BCUT2D eigenvalue weighted by atomic mass is 19.1. The van der Waals surface area contributed by atoms with Gasteiger partial charge in [-0.2, -0.15) is 0 Å². The summed E-state index contributed by atoms with van der Waals surface area (Å²) in [7, 11) is 2.16. The van der Waals surface area contributed by atoms with Gasteiger partial charge in [-0.3, -0.25) is 0 Å². The maximum atomic E-state index is 13.5. The van der Waals surface area contributed by atoms with Crippen LogP contribution < -0.4 is 0 Å². The molecule has 146 valence electrons. The van der Waals surface area contributed by atoms with E-state index in [0.29, 0.717) is 19.8 Å². The van der Waals surface area contributed by atoms with Crippen molar-refractivity contribution in [2.24, 2.45) is 0 Å². The van der Waals surface area contributed by atoms with Crippen molar-refractivity contribution in [1.29, 1.82) is 0 Å². The minimum Gasteiger partial charge on any atom is -0.342 e. The average molecular weight is 380 g/mol. The predicted molar refractivity (Wildman–Crippen MR) is 107 cm³/mol. The second-order valence-electron chi connectivity index (χ2n) is 7.98. The Hall–Kier alpha value is -2.21. The molecule has 0 unspecified atom stereocenters. The van der Waals surface area contributed by atoms with Crippen molar-refractivity contribution in [1.82, 2.24) is 9.47 Å². The molecule has 5 rings (SSSR count). The van der Waals surface area contributed by atoms with E-state index < -0.39 is 5.79 Å². The SMILES string of the molecule is Cc1ccc2c(c1)c1c(n2CC2(c3ccc(F)cc3)OCCO2)CN(C)CC1. The summed E-state index contributed by atoms with van der Waals surface area (Å²) in [4.78, 5) is 2.35. The van der Waals surface area contributed by atoms with Crippen LogP contribution in [0, 0.1) is 12.7 Å². The van der Waals surface area contributed by atoms with Crippen LogP contribution in [-0.2, 0) is 34.8 Å². The third kappa shape index (κ3) is 2.85. The molecule has 1 fully saturated rings. The first-order chi connectivity index (χ1) is 13.6. The molecule has 0 N–H and O–H groups in total. The minimum atomic E-state index is -0.881. The predicted octanol–water partition coefficient (Wildman–Crippen LogP) is 3.98. The lowest BCUT2D eigenvalue weighted by Crippen LogP contribution is -2.35. The Morgan fingerprint density at radius 3 is 2.57 bits per heavy atom. The Morgan fingerprint density at radius 2 is 1.82 bits per heavy atom.